The molecule has 1 heteroatoms. The lowest BCUT2D eigenvalue weighted by Crippen LogP contribution is -1.82. The topological polar surface area (TPSA) is 20.2 Å². The molecule has 0 saturated carbocycles. The van der Waals surface area contributed by atoms with E-state index in [9.17, 15) is 0 Å². The van der Waals surface area contributed by atoms with Gasteiger partial charge in [0.1, 0.15) is 5.76 Å². The van der Waals surface area contributed by atoms with E-state index in [-0.39, 0.29) is 5.76 Å². The van der Waals surface area contributed by atoms with E-state index in [4.69, 9.17) is 5.11 Å². The Morgan fingerprint density at radius 1 is 1.31 bits per heavy atom. The Morgan fingerprint density at radius 3 is 2.00 bits per heavy atom. The van der Waals surface area contributed by atoms with Gasteiger partial charge in [0.05, 0.1) is 0 Å². The molecule has 0 aliphatic heterocycles. The van der Waals surface area contributed by atoms with Crippen LogP contribution < -0.4 is 0 Å². The lowest BCUT2D eigenvalue weighted by atomic mass is 10.1. The van der Waals surface area contributed by atoms with Gasteiger partial charge >= 0.3 is 0 Å². The van der Waals surface area contributed by atoms with Crippen molar-refractivity contribution in [2.24, 2.45) is 0 Å². The van der Waals surface area contributed by atoms with E-state index < -0.39 is 0 Å². The molecule has 0 rings (SSSR count). The van der Waals surface area contributed by atoms with Crippen LogP contribution in [0.5, 0.6) is 0 Å². The van der Waals surface area contributed by atoms with Crippen LogP contribution >= 0.6 is 0 Å². The van der Waals surface area contributed by atoms with Gasteiger partial charge in [-0.3, -0.25) is 0 Å². The smallest absolute Gasteiger partial charge is 0.115 e. The molecule has 0 aromatic heterocycles. The van der Waals surface area contributed by atoms with Crippen molar-refractivity contribution < 1.29 is 5.11 Å². The van der Waals surface area contributed by atoms with Gasteiger partial charge in [0.2, 0.25) is 0 Å². The minimum absolute atomic E-state index is 0.239. The largest absolute Gasteiger partial charge is 0.508 e. The fraction of sp³-hybridized carbons (Fsp3) is 0.500. The molecule has 0 aliphatic rings. The predicted molar refractivity (Wildman–Crippen MR) is 60.9 cm³/mol. The summed E-state index contributed by atoms with van der Waals surface area (Å²) >= 11 is 0. The highest BCUT2D eigenvalue weighted by molar-refractivity contribution is 5.27. The first-order valence-corrected chi connectivity index (χ1v) is 4.81. The Hall–Kier alpha value is -0.980. The second-order valence-electron chi connectivity index (χ2n) is 2.65. The van der Waals surface area contributed by atoms with E-state index in [0.717, 1.165) is 6.42 Å². The highest BCUT2D eigenvalue weighted by atomic mass is 16.3. The molecule has 0 aliphatic carbocycles. The van der Waals surface area contributed by atoms with Gasteiger partial charge in [0.15, 0.2) is 0 Å². The van der Waals surface area contributed by atoms with Gasteiger partial charge in [0.25, 0.3) is 0 Å². The Labute approximate surface area is 82.5 Å². The van der Waals surface area contributed by atoms with Crippen LogP contribution in [0.2, 0.25) is 0 Å². The van der Waals surface area contributed by atoms with E-state index >= 15 is 0 Å². The van der Waals surface area contributed by atoms with Crippen molar-refractivity contribution in [3.63, 3.8) is 0 Å². The van der Waals surface area contributed by atoms with Gasteiger partial charge in [0, 0.05) is 0 Å². The van der Waals surface area contributed by atoms with Crippen LogP contribution in [0.1, 0.15) is 41.0 Å². The highest BCUT2D eigenvalue weighted by Crippen LogP contribution is 2.11. The number of hydrogen-bond acceptors (Lipinski definition) is 1. The summed E-state index contributed by atoms with van der Waals surface area (Å²) < 4.78 is 0. The molecular formula is C12H22O. The standard InChI is InChI=1S/C10H16O.C2H6/c1-5-9(8(3)4)7-10(11)6-2;1-2/h6-7,11H,2,5H2,1,3-4H3;1-2H3/b10-7+;. The Morgan fingerprint density at radius 2 is 1.77 bits per heavy atom. The van der Waals surface area contributed by atoms with Crippen LogP contribution in [0, 0.1) is 0 Å². The summed E-state index contributed by atoms with van der Waals surface area (Å²) in [7, 11) is 0. The van der Waals surface area contributed by atoms with Crippen LogP contribution in [0.3, 0.4) is 0 Å². The Bertz CT molecular complexity index is 193. The first kappa shape index (κ1) is 14.5. The van der Waals surface area contributed by atoms with Gasteiger partial charge in [-0.2, -0.15) is 0 Å². The number of aliphatic hydroxyl groups is 1. The van der Waals surface area contributed by atoms with Crippen LogP contribution in [0.25, 0.3) is 0 Å². The summed E-state index contributed by atoms with van der Waals surface area (Å²) in [5.74, 6) is 0.239. The predicted octanol–water partition coefficient (Wildman–Crippen LogP) is 4.39. The summed E-state index contributed by atoms with van der Waals surface area (Å²) in [5.41, 5.74) is 2.41. The molecule has 0 heterocycles. The van der Waals surface area contributed by atoms with Crippen molar-refractivity contribution in [2.75, 3.05) is 0 Å². The van der Waals surface area contributed by atoms with Crippen LogP contribution in [-0.4, -0.2) is 5.11 Å². The van der Waals surface area contributed by atoms with Crippen molar-refractivity contribution in [3.05, 3.63) is 35.6 Å². The molecule has 76 valence electrons. The molecule has 0 bridgehead atoms. The molecule has 1 N–H and O–H groups in total. The second kappa shape index (κ2) is 9.11. The molecule has 0 aromatic rings. The molecule has 0 spiro atoms. The van der Waals surface area contributed by atoms with Crippen molar-refractivity contribution in [1.29, 1.82) is 0 Å². The highest BCUT2D eigenvalue weighted by Gasteiger charge is 1.93. The van der Waals surface area contributed by atoms with Gasteiger partial charge in [-0.05, 0) is 38.0 Å². The first-order chi connectivity index (χ1) is 6.11. The average molecular weight is 182 g/mol. The molecule has 0 fully saturated rings. The molecule has 0 aromatic carbocycles. The summed E-state index contributed by atoms with van der Waals surface area (Å²) in [4.78, 5) is 0. The second-order valence-corrected chi connectivity index (χ2v) is 2.65. The zero-order valence-electron chi connectivity index (χ0n) is 9.52. The maximum Gasteiger partial charge on any atom is 0.115 e. The zero-order valence-corrected chi connectivity index (χ0v) is 9.52. The van der Waals surface area contributed by atoms with E-state index in [1.54, 1.807) is 6.08 Å². The number of aliphatic hydroxyl groups excluding tert-OH is 1. The quantitative estimate of drug-likeness (QED) is 0.507. The lowest BCUT2D eigenvalue weighted by molar-refractivity contribution is 0.432. The monoisotopic (exact) mass is 182 g/mol. The van der Waals surface area contributed by atoms with Gasteiger partial charge in [-0.25, -0.2) is 0 Å². The van der Waals surface area contributed by atoms with Crippen molar-refractivity contribution in [1.82, 2.24) is 0 Å². The van der Waals surface area contributed by atoms with E-state index in [1.807, 2.05) is 27.7 Å². The molecule has 13 heavy (non-hydrogen) atoms. The maximum atomic E-state index is 9.12. The fourth-order valence-corrected chi connectivity index (χ4v) is 0.837. The number of allylic oxidation sites excluding steroid dienone is 4. The van der Waals surface area contributed by atoms with E-state index in [2.05, 4.69) is 13.5 Å². The summed E-state index contributed by atoms with van der Waals surface area (Å²) in [6.07, 6.45) is 4.14. The summed E-state index contributed by atoms with van der Waals surface area (Å²) in [5, 5.41) is 9.12. The van der Waals surface area contributed by atoms with Crippen molar-refractivity contribution in [3.8, 4) is 0 Å². The number of rotatable bonds is 3. The molecule has 0 amide bonds. The third-order valence-electron chi connectivity index (χ3n) is 1.55. The van der Waals surface area contributed by atoms with Crippen LogP contribution in [0.4, 0.5) is 0 Å². The average Bonchev–Trinajstić information content (AvgIpc) is 2.16. The third-order valence-corrected chi connectivity index (χ3v) is 1.55. The third kappa shape index (κ3) is 7.38. The lowest BCUT2D eigenvalue weighted by Gasteiger charge is -2.00. The van der Waals surface area contributed by atoms with Gasteiger partial charge in [-0.15, -0.1) is 0 Å². The van der Waals surface area contributed by atoms with Crippen molar-refractivity contribution >= 4 is 0 Å². The minimum atomic E-state index is 0.239. The van der Waals surface area contributed by atoms with Crippen molar-refractivity contribution in [2.45, 2.75) is 41.0 Å². The van der Waals surface area contributed by atoms with E-state index in [0.29, 0.717) is 0 Å². The maximum absolute atomic E-state index is 9.12. The Balaban J connectivity index is 0. The summed E-state index contributed by atoms with van der Waals surface area (Å²) in [6, 6.07) is 0. The first-order valence-electron chi connectivity index (χ1n) is 4.81. The molecule has 0 unspecified atom stereocenters. The molecule has 0 saturated heterocycles. The normalized spacial score (nSPS) is 9.77. The zero-order chi connectivity index (χ0) is 10.9. The van der Waals surface area contributed by atoms with Gasteiger partial charge in [-0.1, -0.05) is 32.9 Å². The molecule has 1 nitrogen and oxygen atoms in total. The molecule has 0 atom stereocenters. The van der Waals surface area contributed by atoms with Gasteiger partial charge < -0.3 is 5.11 Å². The van der Waals surface area contributed by atoms with E-state index in [1.165, 1.54) is 17.2 Å². The SMILES string of the molecule is C=C/C(O)=C\C(CC)=C(C)C.CC. The summed E-state index contributed by atoms with van der Waals surface area (Å²) in [6.45, 7) is 13.6. The number of hydrogen-bond donors (Lipinski definition) is 1. The molecular weight excluding hydrogens is 160 g/mol. The van der Waals surface area contributed by atoms with Crippen LogP contribution in [-0.2, 0) is 0 Å². The van der Waals surface area contributed by atoms with Crippen LogP contribution in [0.15, 0.2) is 35.6 Å². The fourth-order valence-electron chi connectivity index (χ4n) is 0.837. The minimum Gasteiger partial charge on any atom is -0.508 e. The Kier molecular flexibility index (Phi) is 10.2. The molecule has 0 radical (unpaired) electrons.